The maximum Gasteiger partial charge on any atom is 0.445 e. The van der Waals surface area contributed by atoms with E-state index in [-0.39, 0.29) is 33.4 Å². The zero-order valence-electron chi connectivity index (χ0n) is 14.1. The minimum atomic E-state index is -4.82. The second-order valence-corrected chi connectivity index (χ2v) is 8.82. The van der Waals surface area contributed by atoms with E-state index in [2.05, 4.69) is 15.1 Å². The minimum Gasteiger partial charge on any atom is -0.253 e. The van der Waals surface area contributed by atoms with Gasteiger partial charge in [0.25, 0.3) is 0 Å². The molecule has 0 spiro atoms. The predicted molar refractivity (Wildman–Crippen MR) is 86.6 cm³/mol. The maximum atomic E-state index is 13.0. The Morgan fingerprint density at radius 3 is 2.25 bits per heavy atom. The van der Waals surface area contributed by atoms with Crippen LogP contribution in [0.15, 0.2) is 17.2 Å². The van der Waals surface area contributed by atoms with E-state index in [1.807, 2.05) is 0 Å². The van der Waals surface area contributed by atoms with Crippen molar-refractivity contribution in [2.24, 2.45) is 0 Å². The Kier molecular flexibility index (Phi) is 4.69. The third-order valence-corrected chi connectivity index (χ3v) is 6.48. The highest BCUT2D eigenvalue weighted by atomic mass is 32.2. The summed E-state index contributed by atoms with van der Waals surface area (Å²) in [5, 5.41) is 2.23. The summed E-state index contributed by atoms with van der Waals surface area (Å²) < 4.78 is 103. The fourth-order valence-electron chi connectivity index (χ4n) is 2.36. The summed E-state index contributed by atoms with van der Waals surface area (Å²) in [4.78, 5) is 6.65. The summed E-state index contributed by atoms with van der Waals surface area (Å²) in [5.41, 5.74) is -1.78. The van der Waals surface area contributed by atoms with Crippen LogP contribution in [0.2, 0.25) is 0 Å². The first-order valence-corrected chi connectivity index (χ1v) is 9.96. The molecule has 6 nitrogen and oxygen atoms in total. The van der Waals surface area contributed by atoms with Crippen molar-refractivity contribution in [1.82, 2.24) is 19.6 Å². The molecule has 3 aromatic heterocycles. The average Bonchev–Trinajstić information content (AvgIpc) is 3.13. The van der Waals surface area contributed by atoms with Crippen LogP contribution in [0.4, 0.5) is 26.3 Å². The predicted octanol–water partition coefficient (Wildman–Crippen LogP) is 3.99. The lowest BCUT2D eigenvalue weighted by atomic mass is 10.2. The molecule has 0 radical (unpaired) electrons. The van der Waals surface area contributed by atoms with Crippen LogP contribution in [0.3, 0.4) is 0 Å². The van der Waals surface area contributed by atoms with Crippen LogP contribution in [0.1, 0.15) is 23.2 Å². The molecule has 0 aliphatic heterocycles. The Labute approximate surface area is 157 Å². The molecule has 152 valence electrons. The van der Waals surface area contributed by atoms with Crippen LogP contribution < -0.4 is 0 Å². The smallest absolute Gasteiger partial charge is 0.253 e. The van der Waals surface area contributed by atoms with Gasteiger partial charge in [-0.25, -0.2) is 17.9 Å². The van der Waals surface area contributed by atoms with Gasteiger partial charge >= 0.3 is 12.4 Å². The van der Waals surface area contributed by atoms with Gasteiger partial charge in [-0.2, -0.15) is 26.3 Å². The first-order chi connectivity index (χ1) is 12.8. The molecule has 0 unspecified atom stereocenters. The molecule has 0 saturated heterocycles. The standard InChI is InChI=1S/C14H10F6N4O2S2/c1-3-28(25,26)8-4-7(13(15,16)17)5-21-10(8)9-6(2)24-12(22-9)27-11(23-24)14(18,19)20/h4-5H,3H2,1-2H3. The molecule has 0 atom stereocenters. The molecule has 28 heavy (non-hydrogen) atoms. The fourth-order valence-corrected chi connectivity index (χ4v) is 4.23. The molecule has 3 aromatic rings. The summed E-state index contributed by atoms with van der Waals surface area (Å²) in [6.07, 6.45) is -9.07. The number of pyridine rings is 1. The van der Waals surface area contributed by atoms with Gasteiger partial charge in [0, 0.05) is 6.20 Å². The highest BCUT2D eigenvalue weighted by Gasteiger charge is 2.37. The van der Waals surface area contributed by atoms with Crippen molar-refractivity contribution < 1.29 is 34.8 Å². The van der Waals surface area contributed by atoms with Gasteiger partial charge in [-0.3, -0.25) is 4.98 Å². The summed E-state index contributed by atoms with van der Waals surface area (Å²) in [6.45, 7) is 2.56. The molecule has 0 saturated carbocycles. The van der Waals surface area contributed by atoms with E-state index in [1.54, 1.807) is 0 Å². The van der Waals surface area contributed by atoms with Crippen molar-refractivity contribution in [3.8, 4) is 11.4 Å². The quantitative estimate of drug-likeness (QED) is 0.571. The molecule has 3 rings (SSSR count). The van der Waals surface area contributed by atoms with E-state index in [0.29, 0.717) is 12.3 Å². The fraction of sp³-hybridized carbons (Fsp3) is 0.357. The van der Waals surface area contributed by atoms with Gasteiger partial charge in [0.2, 0.25) is 9.97 Å². The van der Waals surface area contributed by atoms with E-state index >= 15 is 0 Å². The van der Waals surface area contributed by atoms with Crippen molar-refractivity contribution in [3.05, 3.63) is 28.5 Å². The molecule has 0 aliphatic carbocycles. The molecule has 3 heterocycles. The second-order valence-electron chi connectivity index (χ2n) is 5.62. The molecule has 14 heteroatoms. The molecule has 0 amide bonds. The number of aromatic nitrogens is 4. The van der Waals surface area contributed by atoms with Crippen LogP contribution in [0, 0.1) is 6.92 Å². The van der Waals surface area contributed by atoms with Gasteiger partial charge in [-0.05, 0) is 13.0 Å². The summed E-state index contributed by atoms with van der Waals surface area (Å²) in [5.74, 6) is -0.499. The number of hydrogen-bond acceptors (Lipinski definition) is 6. The zero-order valence-corrected chi connectivity index (χ0v) is 15.7. The topological polar surface area (TPSA) is 77.2 Å². The number of hydrogen-bond donors (Lipinski definition) is 0. The Morgan fingerprint density at radius 2 is 1.75 bits per heavy atom. The zero-order chi connectivity index (χ0) is 21.1. The van der Waals surface area contributed by atoms with Crippen molar-refractivity contribution in [2.75, 3.05) is 5.75 Å². The minimum absolute atomic E-state index is 0.0153. The highest BCUT2D eigenvalue weighted by molar-refractivity contribution is 7.91. The van der Waals surface area contributed by atoms with E-state index < -0.39 is 43.4 Å². The molecule has 0 bridgehead atoms. The molecular formula is C14H10F6N4O2S2. The number of halogens is 6. The summed E-state index contributed by atoms with van der Waals surface area (Å²) in [6, 6.07) is 0.447. The Hall–Kier alpha value is -2.22. The Balaban J connectivity index is 2.26. The monoisotopic (exact) mass is 444 g/mol. The largest absolute Gasteiger partial charge is 0.445 e. The normalized spacial score (nSPS) is 13.4. The lowest BCUT2D eigenvalue weighted by Crippen LogP contribution is -2.12. The van der Waals surface area contributed by atoms with Crippen molar-refractivity contribution in [2.45, 2.75) is 31.1 Å². The lowest BCUT2D eigenvalue weighted by molar-refractivity contribution is -0.138. The molecule has 0 aromatic carbocycles. The van der Waals surface area contributed by atoms with E-state index in [1.165, 1.54) is 13.8 Å². The molecule has 0 aliphatic rings. The third-order valence-electron chi connectivity index (χ3n) is 3.79. The summed E-state index contributed by atoms with van der Waals surface area (Å²) >= 11 is 0.219. The van der Waals surface area contributed by atoms with E-state index in [0.717, 1.165) is 4.52 Å². The van der Waals surface area contributed by atoms with Crippen molar-refractivity contribution >= 4 is 26.1 Å². The lowest BCUT2D eigenvalue weighted by Gasteiger charge is -2.12. The molecular weight excluding hydrogens is 434 g/mol. The number of aryl methyl sites for hydroxylation is 1. The van der Waals surface area contributed by atoms with Gasteiger partial charge in [-0.15, -0.1) is 5.10 Å². The van der Waals surface area contributed by atoms with Crippen LogP contribution >= 0.6 is 11.3 Å². The van der Waals surface area contributed by atoms with Gasteiger partial charge in [0.15, 0.2) is 9.84 Å². The Bertz CT molecular complexity index is 1160. The second kappa shape index (κ2) is 6.40. The van der Waals surface area contributed by atoms with Crippen LogP contribution in [0.5, 0.6) is 0 Å². The van der Waals surface area contributed by atoms with Gasteiger partial charge in [-0.1, -0.05) is 18.3 Å². The molecule has 0 fully saturated rings. The van der Waals surface area contributed by atoms with Gasteiger partial charge < -0.3 is 0 Å². The first-order valence-electron chi connectivity index (χ1n) is 7.49. The average molecular weight is 444 g/mol. The number of sulfone groups is 1. The number of fused-ring (bicyclic) bond motifs is 1. The van der Waals surface area contributed by atoms with Crippen LogP contribution in [0.25, 0.3) is 16.3 Å². The first kappa shape index (κ1) is 20.5. The molecule has 0 N–H and O–H groups in total. The van der Waals surface area contributed by atoms with Crippen LogP contribution in [-0.4, -0.2) is 33.8 Å². The van der Waals surface area contributed by atoms with Crippen molar-refractivity contribution in [1.29, 1.82) is 0 Å². The highest BCUT2D eigenvalue weighted by Crippen LogP contribution is 2.37. The number of alkyl halides is 6. The maximum absolute atomic E-state index is 13.0. The van der Waals surface area contributed by atoms with E-state index in [9.17, 15) is 34.8 Å². The van der Waals surface area contributed by atoms with E-state index in [4.69, 9.17) is 0 Å². The number of imidazole rings is 1. The summed E-state index contributed by atoms with van der Waals surface area (Å²) in [7, 11) is -4.14. The number of nitrogens with zero attached hydrogens (tertiary/aromatic N) is 4. The van der Waals surface area contributed by atoms with Gasteiger partial charge in [0.05, 0.1) is 21.9 Å². The van der Waals surface area contributed by atoms with Crippen molar-refractivity contribution in [3.63, 3.8) is 0 Å². The van der Waals surface area contributed by atoms with Gasteiger partial charge in [0.1, 0.15) is 11.4 Å². The third kappa shape index (κ3) is 3.45. The SMILES string of the molecule is CCS(=O)(=O)c1cc(C(F)(F)F)cnc1-c1nc2sc(C(F)(F)F)nn2c1C. The number of rotatable bonds is 3. The van der Waals surface area contributed by atoms with Crippen LogP contribution in [-0.2, 0) is 22.2 Å². The Morgan fingerprint density at radius 1 is 1.11 bits per heavy atom.